The van der Waals surface area contributed by atoms with Crippen molar-refractivity contribution in [1.82, 2.24) is 6.15 Å². The monoisotopic (exact) mass is 156 g/mol. The molecule has 0 saturated heterocycles. The maximum absolute atomic E-state index is 8.63. The molecule has 0 atom stereocenters. The van der Waals surface area contributed by atoms with Gasteiger partial charge in [0.15, 0.2) is 0 Å². The first-order valence-electron chi connectivity index (χ1n) is 0.683. The van der Waals surface area contributed by atoms with Crippen molar-refractivity contribution >= 4 is 33.5 Å². The Morgan fingerprint density at radius 3 is 1.38 bits per heavy atom. The molecule has 0 rings (SSSR count). The van der Waals surface area contributed by atoms with Crippen LogP contribution < -0.4 is 6.15 Å². The van der Waals surface area contributed by atoms with Crippen LogP contribution >= 0.6 is 0 Å². The van der Waals surface area contributed by atoms with Crippen molar-refractivity contribution in [2.24, 2.45) is 0 Å². The summed E-state index contributed by atoms with van der Waals surface area (Å²) in [6.07, 6.45) is 0. The molecule has 0 aliphatic heterocycles. The van der Waals surface area contributed by atoms with Crippen LogP contribution in [0.1, 0.15) is 0 Å². The van der Waals surface area contributed by atoms with Crippen LogP contribution in [0, 0.1) is 0 Å². The average molecular weight is 156 g/mol. The first-order valence-corrected chi connectivity index (χ1v) is 2.05. The fraction of sp³-hybridized carbons (Fsp3) is 0. The molecule has 0 heterocycles. The summed E-state index contributed by atoms with van der Waals surface area (Å²) in [5, 5.41) is 0. The molecular formula is H6MgNO5S. The van der Waals surface area contributed by atoms with Gasteiger partial charge in [-0.15, -0.1) is 0 Å². The van der Waals surface area contributed by atoms with E-state index in [1.54, 1.807) is 0 Å². The van der Waals surface area contributed by atoms with Crippen molar-refractivity contribution < 1.29 is 23.0 Å². The Bertz CT molecular complexity index is 95.6. The normalized spacial score (nSPS) is 7.25. The second-order valence-electron chi connectivity index (χ2n) is 0.428. The minimum atomic E-state index is -4.92. The third-order valence-corrected chi connectivity index (χ3v) is 0. The predicted molar refractivity (Wildman–Crippen MR) is 26.7 cm³/mol. The smallest absolute Gasteiger partial charge is 0.726 e. The summed E-state index contributed by atoms with van der Waals surface area (Å²) in [6.45, 7) is 0. The molecular weight excluding hydrogens is 150 g/mol. The van der Waals surface area contributed by atoms with Crippen molar-refractivity contribution in [3.05, 3.63) is 0 Å². The number of hydrogen-bond acceptors (Lipinski definition) is 4. The van der Waals surface area contributed by atoms with E-state index in [2.05, 4.69) is 0 Å². The van der Waals surface area contributed by atoms with Gasteiger partial charge in [0.25, 0.3) is 0 Å². The molecule has 1 radical (unpaired) electrons. The molecule has 6 N–H and O–H groups in total. The molecule has 0 saturated carbocycles. The zero-order chi connectivity index (χ0) is 4.50. The largest absolute Gasteiger partial charge is 1.00 e. The number of rotatable bonds is 0. The van der Waals surface area contributed by atoms with E-state index in [4.69, 9.17) is 17.5 Å². The molecule has 8 heavy (non-hydrogen) atoms. The molecule has 0 aliphatic rings. The van der Waals surface area contributed by atoms with Crippen molar-refractivity contribution in [3.8, 4) is 0 Å². The van der Waals surface area contributed by atoms with Gasteiger partial charge in [-0.05, 0) is 0 Å². The molecule has 0 bridgehead atoms. The van der Waals surface area contributed by atoms with E-state index in [0.717, 1.165) is 0 Å². The Kier molecular flexibility index (Phi) is 22.2. The first-order chi connectivity index (χ1) is 2.00. The van der Waals surface area contributed by atoms with Crippen LogP contribution in [0.4, 0.5) is 0 Å². The summed E-state index contributed by atoms with van der Waals surface area (Å²) in [6, 6.07) is 0. The van der Waals surface area contributed by atoms with Crippen LogP contribution in [0.2, 0.25) is 0 Å². The summed E-state index contributed by atoms with van der Waals surface area (Å²) in [5.74, 6) is 0. The Morgan fingerprint density at radius 1 is 1.38 bits per heavy atom. The average Bonchev–Trinajstić information content (AvgIpc) is 0.722. The maximum atomic E-state index is 8.63. The summed E-state index contributed by atoms with van der Waals surface area (Å²) in [7, 11) is -4.92. The Labute approximate surface area is 62.9 Å². The summed E-state index contributed by atoms with van der Waals surface area (Å²) in [4.78, 5) is 0. The van der Waals surface area contributed by atoms with E-state index in [0.29, 0.717) is 0 Å². The molecule has 8 heteroatoms. The molecule has 0 fully saturated rings. The topological polar surface area (TPSA) is 144 Å². The third kappa shape index (κ3) is 654. The number of hydrogen-bond donors (Lipinski definition) is 2. The predicted octanol–water partition coefficient (Wildman–Crippen LogP) is -2.04. The Hall–Kier alpha value is 0.556. The SMILES string of the molecule is N.O.O=S(=O)([O-])O.[Mg+]. The van der Waals surface area contributed by atoms with Crippen LogP contribution in [0.3, 0.4) is 0 Å². The Balaban J connectivity index is -0.0000000267. The second-order valence-corrected chi connectivity index (χ2v) is 1.28. The van der Waals surface area contributed by atoms with Crippen molar-refractivity contribution in [3.63, 3.8) is 0 Å². The van der Waals surface area contributed by atoms with E-state index >= 15 is 0 Å². The molecule has 0 aliphatic carbocycles. The zero-order valence-electron chi connectivity index (χ0n) is 3.99. The first kappa shape index (κ1) is 23.5. The van der Waals surface area contributed by atoms with Gasteiger partial charge in [0.1, 0.15) is 0 Å². The molecule has 6 nitrogen and oxygen atoms in total. The van der Waals surface area contributed by atoms with E-state index in [9.17, 15) is 0 Å². The van der Waals surface area contributed by atoms with E-state index in [1.807, 2.05) is 0 Å². The van der Waals surface area contributed by atoms with Crippen molar-refractivity contribution in [2.45, 2.75) is 0 Å². The molecule has 0 aromatic carbocycles. The summed E-state index contributed by atoms with van der Waals surface area (Å²) >= 11 is 0. The van der Waals surface area contributed by atoms with Gasteiger partial charge in [-0.2, -0.15) is 0 Å². The van der Waals surface area contributed by atoms with Crippen LogP contribution in [0.15, 0.2) is 0 Å². The standard InChI is InChI=1S/Mg.H3N.H2O4S.H2O/c;;1-5(2,3)4;/h;1H3;(H2,1,2,3,4);1H2/q+1;;;/p-1. The molecule has 0 unspecified atom stereocenters. The van der Waals surface area contributed by atoms with Gasteiger partial charge in [-0.25, -0.2) is 8.42 Å². The minimum absolute atomic E-state index is 0. The van der Waals surface area contributed by atoms with Crippen molar-refractivity contribution in [1.29, 1.82) is 0 Å². The van der Waals surface area contributed by atoms with Gasteiger partial charge in [0.05, 0.1) is 0 Å². The molecule has 0 aromatic heterocycles. The second kappa shape index (κ2) is 7.56. The van der Waals surface area contributed by atoms with Crippen LogP contribution in [-0.2, 0) is 10.4 Å². The molecule has 0 spiro atoms. The van der Waals surface area contributed by atoms with E-state index < -0.39 is 10.4 Å². The Morgan fingerprint density at radius 2 is 1.38 bits per heavy atom. The quantitative estimate of drug-likeness (QED) is 0.236. The summed E-state index contributed by atoms with van der Waals surface area (Å²) < 4.78 is 32.8. The van der Waals surface area contributed by atoms with Crippen LogP contribution in [0.5, 0.6) is 0 Å². The zero-order valence-corrected chi connectivity index (χ0v) is 6.23. The maximum Gasteiger partial charge on any atom is 1.00 e. The molecule has 0 amide bonds. The van der Waals surface area contributed by atoms with Gasteiger partial charge in [0.2, 0.25) is 10.4 Å². The van der Waals surface area contributed by atoms with Crippen LogP contribution in [0.25, 0.3) is 0 Å². The molecule has 0 aromatic rings. The van der Waals surface area contributed by atoms with Gasteiger partial charge in [-0.1, -0.05) is 0 Å². The van der Waals surface area contributed by atoms with E-state index in [1.165, 1.54) is 0 Å². The minimum Gasteiger partial charge on any atom is -0.726 e. The molecule has 49 valence electrons. The van der Waals surface area contributed by atoms with E-state index in [-0.39, 0.29) is 34.7 Å². The van der Waals surface area contributed by atoms with Gasteiger partial charge < -0.3 is 16.2 Å². The van der Waals surface area contributed by atoms with Crippen LogP contribution in [-0.4, -0.2) is 46.1 Å². The third-order valence-electron chi connectivity index (χ3n) is 0. The van der Waals surface area contributed by atoms with Gasteiger partial charge in [-0.3, -0.25) is 4.55 Å². The van der Waals surface area contributed by atoms with Crippen molar-refractivity contribution in [2.75, 3.05) is 0 Å². The fourth-order valence-electron chi connectivity index (χ4n) is 0. The summed E-state index contributed by atoms with van der Waals surface area (Å²) in [5.41, 5.74) is 0. The van der Waals surface area contributed by atoms with Gasteiger partial charge in [0, 0.05) is 0 Å². The fourth-order valence-corrected chi connectivity index (χ4v) is 0. The van der Waals surface area contributed by atoms with Gasteiger partial charge >= 0.3 is 23.1 Å².